The molecule has 0 saturated carbocycles. The van der Waals surface area contributed by atoms with Crippen LogP contribution in [0, 0.1) is 17.8 Å². The maximum absolute atomic E-state index is 14.2. The van der Waals surface area contributed by atoms with E-state index in [4.69, 9.17) is 42.6 Å². The standard InChI is InChI=1S/C53H86O17/c1-28-18-19-29(2)25-39(35(8)53(61)48(64-15)47(58)52(12,40(69-53)17-16-20-62-13)70-41-27-51(11,60)46(57)37(10)65-41)67-49(59)34(7)26-38(63-14)24-31(4)23-33(6)45(32(5)22-30(3)21-28)68-50-44(56)43(55)42(54)36(9)66-50/h18,21-24,26,29,33,35-37,39-48,50,54-58,60-61H,16-17,19-20,25,27H2,1-15H3/b28-18-,30-21-,31-23-,32-22-,34-26-,38-24+/t29-,33-,35+,36+,37+,39-,40+,41+,42-,43-,44+,45+,46-,47-,48-,50-,51+,52-,53-/m0/s1. The first-order valence-electron chi connectivity index (χ1n) is 24.7. The van der Waals surface area contributed by atoms with Crippen molar-refractivity contribution in [2.75, 3.05) is 27.9 Å². The first-order chi connectivity index (χ1) is 32.6. The molecule has 0 aromatic carbocycles. The largest absolute Gasteiger partial charge is 0.497 e. The Kier molecular flexibility index (Phi) is 21.7. The van der Waals surface area contributed by atoms with Crippen LogP contribution in [0.2, 0.25) is 0 Å². The summed E-state index contributed by atoms with van der Waals surface area (Å²) >= 11 is 0. The number of carbonyl (C=O) groups excluding carboxylic acids is 1. The van der Waals surface area contributed by atoms with Crippen molar-refractivity contribution in [2.24, 2.45) is 17.8 Å². The number of cyclic esters (lactones) is 1. The number of aliphatic hydroxyl groups excluding tert-OH is 5. The normalized spacial score (nSPS) is 46.1. The molecular weight excluding hydrogens is 909 g/mol. The molecule has 17 nitrogen and oxygen atoms in total. The van der Waals surface area contributed by atoms with Crippen LogP contribution in [0.1, 0.15) is 115 Å². The Hall–Kier alpha value is -2.85. The highest BCUT2D eigenvalue weighted by atomic mass is 16.7. The van der Waals surface area contributed by atoms with Crippen molar-refractivity contribution in [3.63, 3.8) is 0 Å². The van der Waals surface area contributed by atoms with Gasteiger partial charge in [-0.1, -0.05) is 61.8 Å². The SMILES string of the molecule is COCCC[C@H]1O[C@@](O)([C@H](C)[C@@H]2C[C@@H](C)C\C=C(C)/C=C(C)\C=C(\C)[C@@H](O[C@@H]3O[C@H](C)[C@H](O)[C@H](O)[C@H]3O)[C@@H](C)\C=C(C)/C=C(OC)\C=C(\C)C(=O)O2)[C@@H](OC)[C@H](O)[C@@]1(C)O[C@@H]1C[C@@](C)(O)[C@@H](O)[C@@H](C)O1. The van der Waals surface area contributed by atoms with E-state index in [-0.39, 0.29) is 36.7 Å². The van der Waals surface area contributed by atoms with Crippen LogP contribution in [0.25, 0.3) is 0 Å². The van der Waals surface area contributed by atoms with Gasteiger partial charge in [0.1, 0.15) is 54.1 Å². The lowest BCUT2D eigenvalue weighted by Gasteiger charge is -2.57. The maximum atomic E-state index is 14.2. The third kappa shape index (κ3) is 14.5. The molecule has 70 heavy (non-hydrogen) atoms. The van der Waals surface area contributed by atoms with E-state index in [1.165, 1.54) is 21.1 Å². The van der Waals surface area contributed by atoms with Gasteiger partial charge in [-0.2, -0.15) is 0 Å². The summed E-state index contributed by atoms with van der Waals surface area (Å²) in [6, 6.07) is 0. The summed E-state index contributed by atoms with van der Waals surface area (Å²) in [4.78, 5) is 14.2. The molecule has 4 aliphatic heterocycles. The van der Waals surface area contributed by atoms with Gasteiger partial charge in [0.25, 0.3) is 0 Å². The highest BCUT2D eigenvalue weighted by molar-refractivity contribution is 5.88. The first kappa shape index (κ1) is 59.7. The zero-order chi connectivity index (χ0) is 52.6. The van der Waals surface area contributed by atoms with Gasteiger partial charge in [-0.05, 0) is 112 Å². The summed E-state index contributed by atoms with van der Waals surface area (Å²) in [5, 5.41) is 78.7. The summed E-state index contributed by atoms with van der Waals surface area (Å²) in [5.41, 5.74) is 0.500. The highest BCUT2D eigenvalue weighted by Crippen LogP contribution is 2.47. The number of esters is 1. The van der Waals surface area contributed by atoms with Gasteiger partial charge in [0.15, 0.2) is 12.6 Å². The molecule has 0 radical (unpaired) electrons. The molecule has 0 bridgehead atoms. The lowest BCUT2D eigenvalue weighted by molar-refractivity contribution is -0.416. The molecule has 3 saturated heterocycles. The van der Waals surface area contributed by atoms with E-state index in [0.717, 1.165) is 22.3 Å². The summed E-state index contributed by atoms with van der Waals surface area (Å²) in [6.45, 7) is 21.7. The predicted octanol–water partition coefficient (Wildman–Crippen LogP) is 4.99. The number of allylic oxidation sites excluding steroid dienone is 8. The number of ether oxygens (including phenoxy) is 9. The molecule has 4 heterocycles. The van der Waals surface area contributed by atoms with Crippen molar-refractivity contribution in [3.8, 4) is 0 Å². The predicted molar refractivity (Wildman–Crippen MR) is 261 cm³/mol. The topological polar surface area (TPSA) is 242 Å². The lowest BCUT2D eigenvalue weighted by Crippen LogP contribution is -2.74. The molecule has 0 amide bonds. The fourth-order valence-electron chi connectivity index (χ4n) is 10.1. The Morgan fingerprint density at radius 1 is 0.814 bits per heavy atom. The van der Waals surface area contributed by atoms with Crippen molar-refractivity contribution in [1.82, 2.24) is 0 Å². The van der Waals surface area contributed by atoms with E-state index in [2.05, 4.69) is 6.08 Å². The van der Waals surface area contributed by atoms with Gasteiger partial charge in [-0.15, -0.1) is 0 Å². The zero-order valence-corrected chi connectivity index (χ0v) is 44.2. The van der Waals surface area contributed by atoms with Gasteiger partial charge in [-0.3, -0.25) is 0 Å². The second-order valence-corrected chi connectivity index (χ2v) is 20.8. The van der Waals surface area contributed by atoms with Crippen LogP contribution in [0.5, 0.6) is 0 Å². The third-order valence-corrected chi connectivity index (χ3v) is 14.4. The van der Waals surface area contributed by atoms with Gasteiger partial charge >= 0.3 is 5.97 Å². The van der Waals surface area contributed by atoms with Crippen LogP contribution in [0.4, 0.5) is 0 Å². The van der Waals surface area contributed by atoms with Crippen LogP contribution in [-0.2, 0) is 47.4 Å². The van der Waals surface area contributed by atoms with Gasteiger partial charge in [0.05, 0.1) is 37.1 Å². The van der Waals surface area contributed by atoms with Crippen LogP contribution in [0.15, 0.2) is 70.1 Å². The summed E-state index contributed by atoms with van der Waals surface area (Å²) in [7, 11) is 4.38. The minimum atomic E-state index is -2.25. The Bertz CT molecular complexity index is 1920. The Morgan fingerprint density at radius 3 is 2.10 bits per heavy atom. The Balaban J connectivity index is 1.75. The van der Waals surface area contributed by atoms with Crippen LogP contribution in [0.3, 0.4) is 0 Å². The van der Waals surface area contributed by atoms with E-state index < -0.39 is 109 Å². The molecule has 19 atom stereocenters. The molecule has 400 valence electrons. The quantitative estimate of drug-likeness (QED) is 0.101. The van der Waals surface area contributed by atoms with E-state index >= 15 is 0 Å². The smallest absolute Gasteiger partial charge is 0.334 e. The fourth-order valence-corrected chi connectivity index (χ4v) is 10.1. The van der Waals surface area contributed by atoms with Gasteiger partial charge in [-0.25, -0.2) is 4.79 Å². The molecule has 0 spiro atoms. The van der Waals surface area contributed by atoms with Crippen molar-refractivity contribution in [1.29, 1.82) is 0 Å². The van der Waals surface area contributed by atoms with Crippen LogP contribution < -0.4 is 0 Å². The number of hydrogen-bond acceptors (Lipinski definition) is 17. The summed E-state index contributed by atoms with van der Waals surface area (Å²) in [6.07, 6.45) is -2.14. The number of hydrogen-bond donors (Lipinski definition) is 7. The number of methoxy groups -OCH3 is 3. The fraction of sp³-hybridized carbons (Fsp3) is 0.755. The van der Waals surface area contributed by atoms with Crippen molar-refractivity contribution < 1.29 is 83.2 Å². The first-order valence-corrected chi connectivity index (χ1v) is 24.7. The van der Waals surface area contributed by atoms with E-state index in [0.29, 0.717) is 25.2 Å². The Labute approximate surface area is 415 Å². The molecule has 0 unspecified atom stereocenters. The minimum Gasteiger partial charge on any atom is -0.497 e. The van der Waals surface area contributed by atoms with Gasteiger partial charge in [0, 0.05) is 44.7 Å². The second kappa shape index (κ2) is 25.4. The van der Waals surface area contributed by atoms with Crippen molar-refractivity contribution >= 4 is 5.97 Å². The van der Waals surface area contributed by atoms with Crippen molar-refractivity contribution in [3.05, 3.63) is 70.1 Å². The monoisotopic (exact) mass is 995 g/mol. The molecule has 4 rings (SSSR count). The molecule has 4 aliphatic rings. The van der Waals surface area contributed by atoms with Crippen molar-refractivity contribution in [2.45, 2.75) is 212 Å². The zero-order valence-electron chi connectivity index (χ0n) is 44.2. The van der Waals surface area contributed by atoms with Crippen LogP contribution in [-0.4, -0.2) is 166 Å². The van der Waals surface area contributed by atoms with Gasteiger partial charge in [0.2, 0.25) is 5.79 Å². The number of aliphatic hydroxyl groups is 7. The summed E-state index contributed by atoms with van der Waals surface area (Å²) < 4.78 is 54.9. The summed E-state index contributed by atoms with van der Waals surface area (Å²) in [5.74, 6) is -4.04. The molecule has 0 aromatic heterocycles. The highest BCUT2D eigenvalue weighted by Gasteiger charge is 2.64. The minimum absolute atomic E-state index is 0.113. The number of carbonyl (C=O) groups is 1. The van der Waals surface area contributed by atoms with E-state index in [1.807, 2.05) is 59.8 Å². The van der Waals surface area contributed by atoms with Gasteiger partial charge < -0.3 is 78.4 Å². The van der Waals surface area contributed by atoms with E-state index in [1.54, 1.807) is 53.9 Å². The third-order valence-electron chi connectivity index (χ3n) is 14.4. The molecule has 3 fully saturated rings. The molecule has 17 heteroatoms. The van der Waals surface area contributed by atoms with Crippen LogP contribution >= 0.6 is 0 Å². The molecule has 7 N–H and O–H groups in total. The average molecular weight is 995 g/mol. The second-order valence-electron chi connectivity index (χ2n) is 20.8. The maximum Gasteiger partial charge on any atom is 0.334 e. The molecule has 0 aromatic rings. The number of rotatable bonds is 12. The Morgan fingerprint density at radius 2 is 1.49 bits per heavy atom. The molecule has 0 aliphatic carbocycles. The molecular formula is C53H86O17. The average Bonchev–Trinajstić information content (AvgIpc) is 3.28. The van der Waals surface area contributed by atoms with E-state index in [9.17, 15) is 40.5 Å². The lowest BCUT2D eigenvalue weighted by atomic mass is 9.74.